The van der Waals surface area contributed by atoms with E-state index >= 15 is 0 Å². The van der Waals surface area contributed by atoms with E-state index in [0.29, 0.717) is 18.2 Å². The molecule has 0 unspecified atom stereocenters. The molecule has 0 radical (unpaired) electrons. The Kier molecular flexibility index (Phi) is 5.40. The van der Waals surface area contributed by atoms with Crippen molar-refractivity contribution < 1.29 is 4.79 Å². The molecule has 3 aromatic rings. The number of aromatic nitrogens is 3. The van der Waals surface area contributed by atoms with E-state index in [1.165, 1.54) is 16.7 Å². The lowest BCUT2D eigenvalue weighted by Crippen LogP contribution is -2.24. The van der Waals surface area contributed by atoms with Crippen molar-refractivity contribution in [2.45, 2.75) is 47.1 Å². The normalized spacial score (nSPS) is 11.0. The van der Waals surface area contributed by atoms with E-state index in [4.69, 9.17) is 0 Å². The summed E-state index contributed by atoms with van der Waals surface area (Å²) >= 11 is 0. The van der Waals surface area contributed by atoms with Crippen molar-refractivity contribution in [2.24, 2.45) is 0 Å². The first kappa shape index (κ1) is 18.8. The number of hydrogen-bond acceptors (Lipinski definition) is 3. The fourth-order valence-electron chi connectivity index (χ4n) is 2.93. The van der Waals surface area contributed by atoms with Crippen LogP contribution in [0.2, 0.25) is 0 Å². The van der Waals surface area contributed by atoms with Crippen molar-refractivity contribution in [1.29, 1.82) is 0 Å². The fourth-order valence-corrected chi connectivity index (χ4v) is 2.93. The molecule has 5 nitrogen and oxygen atoms in total. The molecule has 0 bridgehead atoms. The van der Waals surface area contributed by atoms with Crippen LogP contribution in [0.3, 0.4) is 0 Å². The summed E-state index contributed by atoms with van der Waals surface area (Å²) in [6, 6.07) is 14.4. The molecule has 27 heavy (non-hydrogen) atoms. The number of carbonyl (C=O) groups is 1. The first-order valence-corrected chi connectivity index (χ1v) is 9.23. The smallest absolute Gasteiger partial charge is 0.274 e. The standard InChI is InChI=1S/C22H26N4O/c1-14(2)19-9-7-18(8-10-19)13-23-22(27)21-17(5)26(25-24-21)20-11-6-15(3)16(4)12-20/h6-12,14H,13H2,1-5H3,(H,23,27). The summed E-state index contributed by atoms with van der Waals surface area (Å²) < 4.78 is 1.71. The van der Waals surface area contributed by atoms with E-state index in [9.17, 15) is 4.79 Å². The van der Waals surface area contributed by atoms with Crippen LogP contribution >= 0.6 is 0 Å². The molecule has 1 amide bonds. The van der Waals surface area contributed by atoms with Gasteiger partial charge in [-0.1, -0.05) is 49.4 Å². The van der Waals surface area contributed by atoms with Crippen molar-refractivity contribution in [3.8, 4) is 5.69 Å². The molecular weight excluding hydrogens is 336 g/mol. The van der Waals surface area contributed by atoms with Gasteiger partial charge in [0.25, 0.3) is 5.91 Å². The van der Waals surface area contributed by atoms with Crippen LogP contribution in [0, 0.1) is 20.8 Å². The maximum absolute atomic E-state index is 12.6. The number of rotatable bonds is 5. The quantitative estimate of drug-likeness (QED) is 0.738. The Morgan fingerprint density at radius 3 is 2.37 bits per heavy atom. The molecule has 0 aliphatic carbocycles. The second-order valence-corrected chi connectivity index (χ2v) is 7.28. The highest BCUT2D eigenvalue weighted by Gasteiger charge is 2.17. The van der Waals surface area contributed by atoms with Crippen molar-refractivity contribution >= 4 is 5.91 Å². The van der Waals surface area contributed by atoms with Crippen LogP contribution in [0.5, 0.6) is 0 Å². The van der Waals surface area contributed by atoms with Crippen LogP contribution in [-0.2, 0) is 6.54 Å². The Morgan fingerprint density at radius 2 is 1.74 bits per heavy atom. The Bertz CT molecular complexity index is 955. The molecule has 0 aliphatic heterocycles. The molecule has 1 heterocycles. The van der Waals surface area contributed by atoms with Gasteiger partial charge in [-0.15, -0.1) is 5.10 Å². The average molecular weight is 362 g/mol. The molecule has 1 aromatic heterocycles. The molecule has 3 rings (SSSR count). The fraction of sp³-hybridized carbons (Fsp3) is 0.318. The van der Waals surface area contributed by atoms with Gasteiger partial charge in [0.1, 0.15) is 0 Å². The SMILES string of the molecule is Cc1ccc(-n2nnc(C(=O)NCc3ccc(C(C)C)cc3)c2C)cc1C. The number of aryl methyl sites for hydroxylation is 2. The number of carbonyl (C=O) groups excluding carboxylic acids is 1. The lowest BCUT2D eigenvalue weighted by Gasteiger charge is -2.08. The average Bonchev–Trinajstić information content (AvgIpc) is 3.04. The van der Waals surface area contributed by atoms with Gasteiger partial charge >= 0.3 is 0 Å². The van der Waals surface area contributed by atoms with Gasteiger partial charge in [-0.3, -0.25) is 4.79 Å². The first-order valence-electron chi connectivity index (χ1n) is 9.23. The van der Waals surface area contributed by atoms with Gasteiger partial charge < -0.3 is 5.32 Å². The van der Waals surface area contributed by atoms with Gasteiger partial charge in [0.15, 0.2) is 5.69 Å². The van der Waals surface area contributed by atoms with Crippen molar-refractivity contribution in [3.63, 3.8) is 0 Å². The molecule has 0 atom stereocenters. The van der Waals surface area contributed by atoms with E-state index in [2.05, 4.69) is 73.7 Å². The molecule has 2 aromatic carbocycles. The van der Waals surface area contributed by atoms with Crippen molar-refractivity contribution in [2.75, 3.05) is 0 Å². The maximum Gasteiger partial charge on any atom is 0.274 e. The van der Waals surface area contributed by atoms with Gasteiger partial charge in [-0.05, 0) is 61.1 Å². The second-order valence-electron chi connectivity index (χ2n) is 7.28. The van der Waals surface area contributed by atoms with E-state index in [1.54, 1.807) is 4.68 Å². The van der Waals surface area contributed by atoms with E-state index in [-0.39, 0.29) is 5.91 Å². The Hall–Kier alpha value is -2.95. The summed E-state index contributed by atoms with van der Waals surface area (Å²) in [6.07, 6.45) is 0. The van der Waals surface area contributed by atoms with Crippen molar-refractivity contribution in [1.82, 2.24) is 20.3 Å². The van der Waals surface area contributed by atoms with Gasteiger partial charge in [-0.2, -0.15) is 0 Å². The monoisotopic (exact) mass is 362 g/mol. The summed E-state index contributed by atoms with van der Waals surface area (Å²) in [5.74, 6) is 0.285. The highest BCUT2D eigenvalue weighted by atomic mass is 16.2. The van der Waals surface area contributed by atoms with E-state index in [0.717, 1.165) is 16.9 Å². The summed E-state index contributed by atoms with van der Waals surface area (Å²) in [7, 11) is 0. The van der Waals surface area contributed by atoms with Gasteiger partial charge in [0.05, 0.1) is 11.4 Å². The summed E-state index contributed by atoms with van der Waals surface area (Å²) in [4.78, 5) is 12.6. The third-order valence-corrected chi connectivity index (χ3v) is 4.94. The number of nitrogens with one attached hydrogen (secondary N) is 1. The lowest BCUT2D eigenvalue weighted by atomic mass is 10.0. The van der Waals surface area contributed by atoms with Crippen LogP contribution in [0.25, 0.3) is 5.69 Å². The summed E-state index contributed by atoms with van der Waals surface area (Å²) in [5, 5.41) is 11.2. The summed E-state index contributed by atoms with van der Waals surface area (Å²) in [6.45, 7) is 10.8. The first-order chi connectivity index (χ1) is 12.9. The molecule has 0 saturated carbocycles. The highest BCUT2D eigenvalue weighted by molar-refractivity contribution is 5.93. The Morgan fingerprint density at radius 1 is 1.04 bits per heavy atom. The van der Waals surface area contributed by atoms with E-state index in [1.807, 2.05) is 19.1 Å². The zero-order chi connectivity index (χ0) is 19.6. The lowest BCUT2D eigenvalue weighted by molar-refractivity contribution is 0.0945. The zero-order valence-corrected chi connectivity index (χ0v) is 16.6. The van der Waals surface area contributed by atoms with Gasteiger partial charge in [-0.25, -0.2) is 4.68 Å². The number of amides is 1. The third kappa shape index (κ3) is 4.08. The van der Waals surface area contributed by atoms with Crippen molar-refractivity contribution in [3.05, 3.63) is 76.1 Å². The van der Waals surface area contributed by atoms with Crippen LogP contribution in [0.4, 0.5) is 0 Å². The molecule has 0 aliphatic rings. The topological polar surface area (TPSA) is 59.8 Å². The number of hydrogen-bond donors (Lipinski definition) is 1. The van der Waals surface area contributed by atoms with Gasteiger partial charge in [0.2, 0.25) is 0 Å². The largest absolute Gasteiger partial charge is 0.347 e. The predicted molar refractivity (Wildman–Crippen MR) is 107 cm³/mol. The Labute approximate surface area is 160 Å². The van der Waals surface area contributed by atoms with Crippen LogP contribution < -0.4 is 5.32 Å². The molecule has 0 fully saturated rings. The molecule has 0 spiro atoms. The minimum Gasteiger partial charge on any atom is -0.347 e. The van der Waals surface area contributed by atoms with E-state index < -0.39 is 0 Å². The predicted octanol–water partition coefficient (Wildman–Crippen LogP) is 4.25. The summed E-state index contributed by atoms with van der Waals surface area (Å²) in [5.41, 5.74) is 6.74. The molecule has 1 N–H and O–H groups in total. The maximum atomic E-state index is 12.6. The van der Waals surface area contributed by atoms with Crippen LogP contribution in [0.15, 0.2) is 42.5 Å². The minimum absolute atomic E-state index is 0.212. The van der Waals surface area contributed by atoms with Crippen LogP contribution in [0.1, 0.15) is 58.2 Å². The Balaban J connectivity index is 1.72. The second kappa shape index (κ2) is 7.74. The molecule has 140 valence electrons. The molecular formula is C22H26N4O. The van der Waals surface area contributed by atoms with Gasteiger partial charge in [0, 0.05) is 6.54 Å². The molecule has 5 heteroatoms. The zero-order valence-electron chi connectivity index (χ0n) is 16.6. The number of benzene rings is 2. The molecule has 0 saturated heterocycles. The highest BCUT2D eigenvalue weighted by Crippen LogP contribution is 2.17. The minimum atomic E-state index is -0.212. The third-order valence-electron chi connectivity index (χ3n) is 4.94. The number of nitrogens with zero attached hydrogens (tertiary/aromatic N) is 3. The van der Waals surface area contributed by atoms with Crippen LogP contribution in [-0.4, -0.2) is 20.9 Å².